The minimum Gasteiger partial charge on any atom is -0.287 e. The molecule has 0 spiro atoms. The first-order valence-electron chi connectivity index (χ1n) is 15.7. The van der Waals surface area contributed by atoms with Crippen LogP contribution in [0.1, 0.15) is 144 Å². The first-order chi connectivity index (χ1) is 16.8. The number of unbranched alkanes of at least 4 members (excludes halogenated alkanes) is 5. The number of thioether (sulfide) groups is 1. The fourth-order valence-electron chi connectivity index (χ4n) is 9.15. The van der Waals surface area contributed by atoms with E-state index in [1.165, 1.54) is 96.3 Å². The number of allylic oxidation sites excluding steroid dienone is 2. The van der Waals surface area contributed by atoms with Gasteiger partial charge in [0.05, 0.1) is 0 Å². The minimum absolute atomic E-state index is 0.415. The standard InChI is InChI=1S/C33H56OS/c1-6-8-9-10-11-12-13-25-15-17-29-28-16-14-26-23-27(35-31(34)22-24(3)7-2)18-20-33(26,5)30(28)19-21-32(25,29)4/h14,24-25,27-30H,6-13,15-23H2,1-5H3/t24?,25?,27-,28?,29?,30?,32+,33-/m0/s1. The molecule has 0 amide bonds. The summed E-state index contributed by atoms with van der Waals surface area (Å²) in [4.78, 5) is 12.6. The summed E-state index contributed by atoms with van der Waals surface area (Å²) in [5, 5.41) is 0.975. The molecule has 2 heteroatoms. The maximum absolute atomic E-state index is 12.6. The van der Waals surface area contributed by atoms with Crippen molar-refractivity contribution in [3.63, 3.8) is 0 Å². The van der Waals surface area contributed by atoms with Crippen molar-refractivity contribution in [2.75, 3.05) is 0 Å². The van der Waals surface area contributed by atoms with E-state index in [0.29, 0.717) is 27.1 Å². The molecule has 0 aliphatic heterocycles. The predicted octanol–water partition coefficient (Wildman–Crippen LogP) is 10.4. The van der Waals surface area contributed by atoms with Gasteiger partial charge in [0.2, 0.25) is 0 Å². The van der Waals surface area contributed by atoms with Crippen molar-refractivity contribution in [2.45, 2.75) is 149 Å². The zero-order valence-electron chi connectivity index (χ0n) is 23.9. The monoisotopic (exact) mass is 500 g/mol. The molecule has 1 nitrogen and oxygen atoms in total. The lowest BCUT2D eigenvalue weighted by Crippen LogP contribution is -2.50. The van der Waals surface area contributed by atoms with Crippen molar-refractivity contribution < 1.29 is 4.79 Å². The highest BCUT2D eigenvalue weighted by molar-refractivity contribution is 8.14. The lowest BCUT2D eigenvalue weighted by Gasteiger charge is -2.58. The molecule has 4 aliphatic carbocycles. The Balaban J connectivity index is 1.35. The fourth-order valence-corrected chi connectivity index (χ4v) is 10.4. The summed E-state index contributed by atoms with van der Waals surface area (Å²) in [6.45, 7) is 12.1. The molecule has 0 aromatic rings. The van der Waals surface area contributed by atoms with Crippen molar-refractivity contribution in [3.8, 4) is 0 Å². The summed E-state index contributed by atoms with van der Waals surface area (Å²) in [5.41, 5.74) is 2.77. The molecule has 0 bridgehead atoms. The third kappa shape index (κ3) is 5.93. The minimum atomic E-state index is 0.415. The third-order valence-corrected chi connectivity index (χ3v) is 12.8. The number of carbonyl (C=O) groups excluding carboxylic acids is 1. The Bertz CT molecular complexity index is 741. The molecule has 0 N–H and O–H groups in total. The van der Waals surface area contributed by atoms with Crippen LogP contribution >= 0.6 is 11.8 Å². The van der Waals surface area contributed by atoms with Crippen molar-refractivity contribution >= 4 is 16.9 Å². The maximum atomic E-state index is 12.6. The van der Waals surface area contributed by atoms with Gasteiger partial charge in [0.1, 0.15) is 0 Å². The smallest absolute Gasteiger partial charge is 0.189 e. The molecule has 0 heterocycles. The highest BCUT2D eigenvalue weighted by Gasteiger charge is 2.58. The van der Waals surface area contributed by atoms with E-state index in [-0.39, 0.29) is 0 Å². The van der Waals surface area contributed by atoms with E-state index < -0.39 is 0 Å². The molecule has 0 saturated heterocycles. The third-order valence-electron chi connectivity index (χ3n) is 11.7. The summed E-state index contributed by atoms with van der Waals surface area (Å²) in [6.07, 6.45) is 25.7. The Kier molecular flexibility index (Phi) is 9.59. The highest BCUT2D eigenvalue weighted by atomic mass is 32.2. The van der Waals surface area contributed by atoms with Gasteiger partial charge in [-0.1, -0.05) is 103 Å². The molecular formula is C33H56OS. The summed E-state index contributed by atoms with van der Waals surface area (Å²) < 4.78 is 0. The fraction of sp³-hybridized carbons (Fsp3) is 0.909. The molecule has 0 radical (unpaired) electrons. The Labute approximate surface area is 222 Å². The highest BCUT2D eigenvalue weighted by Crippen LogP contribution is 2.67. The van der Waals surface area contributed by atoms with Crippen LogP contribution in [0.4, 0.5) is 0 Å². The number of hydrogen-bond donors (Lipinski definition) is 0. The summed E-state index contributed by atoms with van der Waals surface area (Å²) in [5.74, 6) is 4.31. The van der Waals surface area contributed by atoms with Gasteiger partial charge in [0, 0.05) is 11.7 Å². The van der Waals surface area contributed by atoms with E-state index in [1.807, 2.05) is 0 Å². The average molecular weight is 501 g/mol. The molecular weight excluding hydrogens is 444 g/mol. The van der Waals surface area contributed by atoms with Crippen LogP contribution in [0.3, 0.4) is 0 Å². The normalized spacial score (nSPS) is 39.3. The van der Waals surface area contributed by atoms with E-state index in [4.69, 9.17) is 0 Å². The quantitative estimate of drug-likeness (QED) is 0.207. The molecule has 200 valence electrons. The summed E-state index contributed by atoms with van der Waals surface area (Å²) in [7, 11) is 0. The maximum Gasteiger partial charge on any atom is 0.189 e. The molecule has 3 fully saturated rings. The number of carbonyl (C=O) groups is 1. The lowest BCUT2D eigenvalue weighted by atomic mass is 9.47. The van der Waals surface area contributed by atoms with Crippen LogP contribution < -0.4 is 0 Å². The Morgan fingerprint density at radius 3 is 2.54 bits per heavy atom. The SMILES string of the molecule is CCCCCCCCC1CCC2C3CC=C4C[C@@H](SC(=O)CC(C)CC)CC[C@]4(C)C3CC[C@]12C. The van der Waals surface area contributed by atoms with Crippen LogP contribution in [-0.2, 0) is 4.79 Å². The van der Waals surface area contributed by atoms with E-state index in [1.54, 1.807) is 17.3 Å². The van der Waals surface area contributed by atoms with Crippen molar-refractivity contribution in [1.82, 2.24) is 0 Å². The zero-order chi connectivity index (χ0) is 25.1. The van der Waals surface area contributed by atoms with Crippen LogP contribution in [0, 0.1) is 40.4 Å². The van der Waals surface area contributed by atoms with Gasteiger partial charge in [-0.25, -0.2) is 0 Å². The molecule has 0 aromatic carbocycles. The second-order valence-corrected chi connectivity index (χ2v) is 15.1. The molecule has 8 atom stereocenters. The first kappa shape index (κ1) is 27.8. The van der Waals surface area contributed by atoms with Crippen LogP contribution in [-0.4, -0.2) is 10.4 Å². The van der Waals surface area contributed by atoms with Crippen molar-refractivity contribution in [2.24, 2.45) is 40.4 Å². The van der Waals surface area contributed by atoms with E-state index in [0.717, 1.165) is 36.5 Å². The summed E-state index contributed by atoms with van der Waals surface area (Å²) >= 11 is 1.70. The van der Waals surface area contributed by atoms with Crippen LogP contribution in [0.25, 0.3) is 0 Å². The largest absolute Gasteiger partial charge is 0.287 e. The van der Waals surface area contributed by atoms with Gasteiger partial charge in [-0.2, -0.15) is 0 Å². The van der Waals surface area contributed by atoms with Crippen LogP contribution in [0.15, 0.2) is 11.6 Å². The second kappa shape index (κ2) is 12.1. The average Bonchev–Trinajstić information content (AvgIpc) is 3.17. The zero-order valence-corrected chi connectivity index (χ0v) is 24.7. The molecule has 5 unspecified atom stereocenters. The molecule has 0 aromatic heterocycles. The second-order valence-electron chi connectivity index (χ2n) is 13.7. The predicted molar refractivity (Wildman–Crippen MR) is 154 cm³/mol. The van der Waals surface area contributed by atoms with Gasteiger partial charge >= 0.3 is 0 Å². The van der Waals surface area contributed by atoms with Gasteiger partial charge in [0.15, 0.2) is 5.12 Å². The van der Waals surface area contributed by atoms with Crippen molar-refractivity contribution in [3.05, 3.63) is 11.6 Å². The van der Waals surface area contributed by atoms with Gasteiger partial charge in [-0.15, -0.1) is 0 Å². The molecule has 4 aliphatic rings. The Morgan fingerprint density at radius 1 is 1.00 bits per heavy atom. The van der Waals surface area contributed by atoms with Gasteiger partial charge < -0.3 is 0 Å². The van der Waals surface area contributed by atoms with E-state index in [9.17, 15) is 4.79 Å². The molecule has 4 rings (SSSR count). The number of fused-ring (bicyclic) bond motifs is 5. The van der Waals surface area contributed by atoms with Gasteiger partial charge in [0.25, 0.3) is 0 Å². The molecule has 35 heavy (non-hydrogen) atoms. The van der Waals surface area contributed by atoms with E-state index in [2.05, 4.69) is 40.7 Å². The number of hydrogen-bond acceptors (Lipinski definition) is 2. The van der Waals surface area contributed by atoms with E-state index >= 15 is 0 Å². The van der Waals surface area contributed by atoms with Crippen molar-refractivity contribution in [1.29, 1.82) is 0 Å². The van der Waals surface area contributed by atoms with Gasteiger partial charge in [-0.3, -0.25) is 4.79 Å². The summed E-state index contributed by atoms with van der Waals surface area (Å²) in [6, 6.07) is 0. The Morgan fingerprint density at radius 2 is 1.77 bits per heavy atom. The van der Waals surface area contributed by atoms with Gasteiger partial charge in [-0.05, 0) is 98.2 Å². The lowest BCUT2D eigenvalue weighted by molar-refractivity contribution is -0.111. The Hall–Kier alpha value is -0.240. The van der Waals surface area contributed by atoms with Crippen LogP contribution in [0.5, 0.6) is 0 Å². The number of rotatable bonds is 11. The first-order valence-corrected chi connectivity index (χ1v) is 16.6. The topological polar surface area (TPSA) is 17.1 Å². The molecule has 3 saturated carbocycles. The van der Waals surface area contributed by atoms with Crippen LogP contribution in [0.2, 0.25) is 0 Å².